The molecule has 1 N–H and O–H groups in total. The van der Waals surface area contributed by atoms with Crippen LogP contribution in [0.1, 0.15) is 48.1 Å². The van der Waals surface area contributed by atoms with Crippen molar-refractivity contribution in [1.82, 2.24) is 15.3 Å². The van der Waals surface area contributed by atoms with Crippen molar-refractivity contribution in [2.75, 3.05) is 18.0 Å². The summed E-state index contributed by atoms with van der Waals surface area (Å²) >= 11 is 0. The predicted octanol–water partition coefficient (Wildman–Crippen LogP) is 5.29. The van der Waals surface area contributed by atoms with Crippen LogP contribution in [0.4, 0.5) is 5.82 Å². The van der Waals surface area contributed by atoms with E-state index >= 15 is 0 Å². The number of aromatic nitrogens is 2. The first-order valence-corrected chi connectivity index (χ1v) is 11.6. The van der Waals surface area contributed by atoms with Crippen molar-refractivity contribution < 1.29 is 9.53 Å². The highest BCUT2D eigenvalue weighted by atomic mass is 16.5. The molecule has 172 valence electrons. The highest BCUT2D eigenvalue weighted by molar-refractivity contribution is 5.80. The number of hydrogen-bond acceptors (Lipinski definition) is 5. The number of carbonyl (C=O) groups excluding carboxylic acids is 1. The summed E-state index contributed by atoms with van der Waals surface area (Å²) in [6.07, 6.45) is 5.07. The highest BCUT2D eigenvalue weighted by Crippen LogP contribution is 2.31. The van der Waals surface area contributed by atoms with Crippen LogP contribution in [0.5, 0.6) is 11.6 Å². The number of ether oxygens (including phenoxy) is 1. The maximum absolute atomic E-state index is 13.1. The lowest BCUT2D eigenvalue weighted by Crippen LogP contribution is -2.44. The lowest BCUT2D eigenvalue weighted by molar-refractivity contribution is -0.125. The molecule has 2 aromatic carbocycles. The molecule has 0 bridgehead atoms. The largest absolute Gasteiger partial charge is 0.436 e. The number of anilines is 1. The molecule has 1 aliphatic rings. The van der Waals surface area contributed by atoms with Crippen LogP contribution in [0, 0.1) is 26.7 Å². The summed E-state index contributed by atoms with van der Waals surface area (Å²) in [7, 11) is 0. The lowest BCUT2D eigenvalue weighted by atomic mass is 9.95. The third-order valence-electron chi connectivity index (χ3n) is 6.22. The molecular formula is C27H32N4O2. The fourth-order valence-corrected chi connectivity index (χ4v) is 4.43. The number of hydrogen-bond donors (Lipinski definition) is 1. The predicted molar refractivity (Wildman–Crippen MR) is 131 cm³/mol. The number of carbonyl (C=O) groups is 1. The molecule has 1 aliphatic heterocycles. The standard InChI is InChI=1S/C27H32N4O2/c1-18-7-10-23(11-8-18)33-27-25(28-13-14-29-27)31-15-5-6-22(17-31)26(32)30-21(4)24-12-9-19(2)16-20(24)3/h7-14,16,21-22H,5-6,15,17H2,1-4H3,(H,30,32)/t21-,22-/m0/s1. The van der Waals surface area contributed by atoms with Gasteiger partial charge < -0.3 is 15.0 Å². The number of nitrogens with one attached hydrogen (secondary N) is 1. The van der Waals surface area contributed by atoms with Crippen LogP contribution in [0.3, 0.4) is 0 Å². The van der Waals surface area contributed by atoms with Gasteiger partial charge in [-0.25, -0.2) is 9.97 Å². The van der Waals surface area contributed by atoms with E-state index in [1.54, 1.807) is 12.4 Å². The second-order valence-corrected chi connectivity index (χ2v) is 8.98. The van der Waals surface area contributed by atoms with Crippen molar-refractivity contribution in [3.8, 4) is 11.6 Å². The molecule has 1 aromatic heterocycles. The minimum absolute atomic E-state index is 0.0366. The molecule has 1 amide bonds. The van der Waals surface area contributed by atoms with E-state index < -0.39 is 0 Å². The molecule has 4 rings (SSSR count). The van der Waals surface area contributed by atoms with E-state index in [9.17, 15) is 4.79 Å². The van der Waals surface area contributed by atoms with Gasteiger partial charge in [-0.2, -0.15) is 0 Å². The van der Waals surface area contributed by atoms with E-state index in [0.29, 0.717) is 18.2 Å². The zero-order valence-corrected chi connectivity index (χ0v) is 19.8. The zero-order valence-electron chi connectivity index (χ0n) is 19.8. The Kier molecular flexibility index (Phi) is 6.92. The quantitative estimate of drug-likeness (QED) is 0.560. The molecule has 1 fully saturated rings. The summed E-state index contributed by atoms with van der Waals surface area (Å²) in [5.41, 5.74) is 4.75. The molecular weight excluding hydrogens is 412 g/mol. The SMILES string of the molecule is Cc1ccc(Oc2nccnc2N2CCC[C@H](C(=O)N[C@@H](C)c3ccc(C)cc3C)C2)cc1. The van der Waals surface area contributed by atoms with Crippen molar-refractivity contribution in [2.45, 2.75) is 46.6 Å². The molecule has 0 unspecified atom stereocenters. The molecule has 0 spiro atoms. The Morgan fingerprint density at radius 3 is 2.55 bits per heavy atom. The molecule has 2 atom stereocenters. The minimum atomic E-state index is -0.110. The molecule has 6 nitrogen and oxygen atoms in total. The molecule has 33 heavy (non-hydrogen) atoms. The van der Waals surface area contributed by atoms with Crippen molar-refractivity contribution in [1.29, 1.82) is 0 Å². The van der Waals surface area contributed by atoms with Crippen molar-refractivity contribution in [2.24, 2.45) is 5.92 Å². The van der Waals surface area contributed by atoms with Crippen molar-refractivity contribution >= 4 is 11.7 Å². The average Bonchev–Trinajstić information content (AvgIpc) is 2.81. The second-order valence-electron chi connectivity index (χ2n) is 8.98. The van der Waals surface area contributed by atoms with E-state index in [1.165, 1.54) is 16.7 Å². The van der Waals surface area contributed by atoms with Crippen LogP contribution >= 0.6 is 0 Å². The van der Waals surface area contributed by atoms with Gasteiger partial charge in [0.25, 0.3) is 5.88 Å². The van der Waals surface area contributed by atoms with Crippen LogP contribution in [0.15, 0.2) is 54.9 Å². The number of rotatable bonds is 6. The summed E-state index contributed by atoms with van der Waals surface area (Å²) in [6, 6.07) is 14.2. The smallest absolute Gasteiger partial charge is 0.263 e. The first-order valence-electron chi connectivity index (χ1n) is 11.6. The van der Waals surface area contributed by atoms with Gasteiger partial charge in [-0.1, -0.05) is 41.5 Å². The Labute approximate surface area is 196 Å². The second kappa shape index (κ2) is 10.0. The molecule has 1 saturated heterocycles. The third-order valence-corrected chi connectivity index (χ3v) is 6.22. The number of nitrogens with zero attached hydrogens (tertiary/aromatic N) is 3. The normalized spacial score (nSPS) is 16.8. The minimum Gasteiger partial charge on any atom is -0.436 e. The van der Waals surface area contributed by atoms with Gasteiger partial charge in [0.1, 0.15) is 5.75 Å². The summed E-state index contributed by atoms with van der Waals surface area (Å²) < 4.78 is 6.04. The fourth-order valence-electron chi connectivity index (χ4n) is 4.43. The number of benzene rings is 2. The Hall–Kier alpha value is -3.41. The maximum Gasteiger partial charge on any atom is 0.263 e. The molecule has 0 radical (unpaired) electrons. The van der Waals surface area contributed by atoms with Crippen LogP contribution in [0.2, 0.25) is 0 Å². The van der Waals surface area contributed by atoms with E-state index in [0.717, 1.165) is 30.7 Å². The Balaban J connectivity index is 1.45. The monoisotopic (exact) mass is 444 g/mol. The van der Waals surface area contributed by atoms with Crippen LogP contribution in [-0.2, 0) is 4.79 Å². The van der Waals surface area contributed by atoms with Gasteiger partial charge in [-0.15, -0.1) is 0 Å². The molecule has 3 aromatic rings. The van der Waals surface area contributed by atoms with E-state index in [2.05, 4.69) is 52.2 Å². The van der Waals surface area contributed by atoms with Gasteiger partial charge >= 0.3 is 0 Å². The highest BCUT2D eigenvalue weighted by Gasteiger charge is 2.29. The summed E-state index contributed by atoms with van der Waals surface area (Å²) in [4.78, 5) is 24.2. The molecule has 0 aliphatic carbocycles. The van der Waals surface area contributed by atoms with Gasteiger partial charge in [0.05, 0.1) is 12.0 Å². The first kappa shape index (κ1) is 22.8. The fraction of sp³-hybridized carbons (Fsp3) is 0.370. The Morgan fingerprint density at radius 1 is 1.06 bits per heavy atom. The van der Waals surface area contributed by atoms with E-state index in [-0.39, 0.29) is 17.9 Å². The maximum atomic E-state index is 13.1. The summed E-state index contributed by atoms with van der Waals surface area (Å²) in [5.74, 6) is 1.83. The van der Waals surface area contributed by atoms with E-state index in [4.69, 9.17) is 4.74 Å². The van der Waals surface area contributed by atoms with E-state index in [1.807, 2.05) is 38.1 Å². The van der Waals surface area contributed by atoms with Gasteiger partial charge in [-0.05, 0) is 63.8 Å². The van der Waals surface area contributed by atoms with Gasteiger partial charge in [-0.3, -0.25) is 4.79 Å². The topological polar surface area (TPSA) is 67.4 Å². The first-order chi connectivity index (χ1) is 15.9. The van der Waals surface area contributed by atoms with Crippen LogP contribution in [0.25, 0.3) is 0 Å². The molecule has 6 heteroatoms. The summed E-state index contributed by atoms with van der Waals surface area (Å²) in [5, 5.41) is 3.23. The summed E-state index contributed by atoms with van der Waals surface area (Å²) in [6.45, 7) is 9.68. The Morgan fingerprint density at radius 2 is 1.79 bits per heavy atom. The number of aryl methyl sites for hydroxylation is 3. The number of piperidine rings is 1. The zero-order chi connectivity index (χ0) is 23.4. The number of amides is 1. The third kappa shape index (κ3) is 5.51. The molecule has 2 heterocycles. The average molecular weight is 445 g/mol. The lowest BCUT2D eigenvalue weighted by Gasteiger charge is -2.33. The van der Waals surface area contributed by atoms with Crippen molar-refractivity contribution in [3.05, 3.63) is 77.1 Å². The van der Waals surface area contributed by atoms with Gasteiger partial charge in [0.15, 0.2) is 5.82 Å². The Bertz CT molecular complexity index is 1110. The van der Waals surface area contributed by atoms with Gasteiger partial charge in [0.2, 0.25) is 5.91 Å². The van der Waals surface area contributed by atoms with Crippen LogP contribution < -0.4 is 15.0 Å². The van der Waals surface area contributed by atoms with Crippen LogP contribution in [-0.4, -0.2) is 29.0 Å². The van der Waals surface area contributed by atoms with Gasteiger partial charge in [0, 0.05) is 25.5 Å². The molecule has 0 saturated carbocycles. The van der Waals surface area contributed by atoms with Crippen molar-refractivity contribution in [3.63, 3.8) is 0 Å².